The number of rotatable bonds is 5. The number of aromatic nitrogens is 3. The van der Waals surface area contributed by atoms with E-state index in [0.29, 0.717) is 0 Å². The third kappa shape index (κ3) is 3.97. The maximum Gasteiger partial charge on any atom is 0.266 e. The molecule has 2 aromatic heterocycles. The number of hydrogen-bond acceptors (Lipinski definition) is 3. The van der Waals surface area contributed by atoms with Gasteiger partial charge in [0.05, 0.1) is 11.9 Å². The molecule has 0 aliphatic carbocycles. The van der Waals surface area contributed by atoms with E-state index < -0.39 is 11.7 Å². The fourth-order valence-electron chi connectivity index (χ4n) is 3.22. The molecule has 1 N–H and O–H groups in total. The van der Waals surface area contributed by atoms with Crippen molar-refractivity contribution in [3.8, 4) is 11.9 Å². The summed E-state index contributed by atoms with van der Waals surface area (Å²) in [4.78, 5) is 12.5. The van der Waals surface area contributed by atoms with Crippen LogP contribution in [0.3, 0.4) is 0 Å². The predicted octanol–water partition coefficient (Wildman–Crippen LogP) is 4.56. The van der Waals surface area contributed by atoms with E-state index in [0.717, 1.165) is 22.8 Å². The quantitative estimate of drug-likeness (QED) is 0.512. The van der Waals surface area contributed by atoms with Gasteiger partial charge in [-0.2, -0.15) is 10.4 Å². The maximum atomic E-state index is 13.8. The highest BCUT2D eigenvalue weighted by Crippen LogP contribution is 2.24. The van der Waals surface area contributed by atoms with Crippen LogP contribution in [0.5, 0.6) is 0 Å². The van der Waals surface area contributed by atoms with Gasteiger partial charge in [0.2, 0.25) is 0 Å². The number of amides is 1. The fourth-order valence-corrected chi connectivity index (χ4v) is 3.22. The Hall–Kier alpha value is -3.66. The summed E-state index contributed by atoms with van der Waals surface area (Å²) in [6.07, 6.45) is 3.26. The molecule has 0 aliphatic rings. The Balaban J connectivity index is 1.97. The zero-order chi connectivity index (χ0) is 21.1. The molecule has 6 nitrogen and oxygen atoms in total. The summed E-state index contributed by atoms with van der Waals surface area (Å²) in [6, 6.07) is 11.7. The molecule has 1 aromatic carbocycles. The average molecular weight is 391 g/mol. The number of aryl methyl sites for hydroxylation is 1. The predicted molar refractivity (Wildman–Crippen MR) is 110 cm³/mol. The Kier molecular flexibility index (Phi) is 5.64. The lowest BCUT2D eigenvalue weighted by molar-refractivity contribution is -0.112. The lowest BCUT2D eigenvalue weighted by atomic mass is 10.1. The van der Waals surface area contributed by atoms with E-state index in [9.17, 15) is 14.4 Å². The first-order valence-corrected chi connectivity index (χ1v) is 9.24. The molecular formula is C22H22FN5O. The van der Waals surface area contributed by atoms with Gasteiger partial charge >= 0.3 is 0 Å². The molecule has 0 atom stereocenters. The van der Waals surface area contributed by atoms with Crippen LogP contribution in [-0.4, -0.2) is 20.3 Å². The van der Waals surface area contributed by atoms with Crippen molar-refractivity contribution >= 4 is 17.7 Å². The number of halogens is 1. The molecule has 2 heterocycles. The average Bonchev–Trinajstić information content (AvgIpc) is 3.25. The molecule has 1 amide bonds. The monoisotopic (exact) mass is 391 g/mol. The van der Waals surface area contributed by atoms with Gasteiger partial charge in [-0.25, -0.2) is 9.07 Å². The first kappa shape index (κ1) is 20.1. The zero-order valence-electron chi connectivity index (χ0n) is 16.8. The van der Waals surface area contributed by atoms with Crippen molar-refractivity contribution < 1.29 is 9.18 Å². The Morgan fingerprint density at radius 2 is 2.00 bits per heavy atom. The lowest BCUT2D eigenvalue weighted by Gasteiger charge is -2.15. The second-order valence-corrected chi connectivity index (χ2v) is 6.99. The lowest BCUT2D eigenvalue weighted by Crippen LogP contribution is -2.14. The third-order valence-corrected chi connectivity index (χ3v) is 4.62. The topological polar surface area (TPSA) is 75.6 Å². The zero-order valence-corrected chi connectivity index (χ0v) is 16.8. The molecule has 0 radical (unpaired) electrons. The molecule has 0 saturated carbocycles. The molecule has 3 aromatic rings. The largest absolute Gasteiger partial charge is 0.319 e. The van der Waals surface area contributed by atoms with E-state index in [1.165, 1.54) is 24.3 Å². The molecule has 0 bridgehead atoms. The summed E-state index contributed by atoms with van der Waals surface area (Å²) < 4.78 is 17.7. The van der Waals surface area contributed by atoms with Crippen LogP contribution in [0.2, 0.25) is 0 Å². The number of nitriles is 1. The second kappa shape index (κ2) is 8.15. The molecule has 0 spiro atoms. The molecule has 7 heteroatoms. The van der Waals surface area contributed by atoms with Crippen LogP contribution in [0.25, 0.3) is 11.9 Å². The van der Waals surface area contributed by atoms with Gasteiger partial charge in [0.25, 0.3) is 5.91 Å². The fraction of sp³-hybridized carbons (Fsp3) is 0.227. The van der Waals surface area contributed by atoms with E-state index in [1.807, 2.05) is 55.1 Å². The number of nitrogens with one attached hydrogen (secondary N) is 1. The van der Waals surface area contributed by atoms with Crippen LogP contribution in [0.15, 0.2) is 48.2 Å². The van der Waals surface area contributed by atoms with Crippen molar-refractivity contribution in [2.75, 3.05) is 5.32 Å². The molecule has 148 valence electrons. The summed E-state index contributed by atoms with van der Waals surface area (Å²) in [5, 5.41) is 16.3. The molecule has 3 rings (SSSR count). The normalized spacial score (nSPS) is 11.6. The van der Waals surface area contributed by atoms with E-state index in [1.54, 1.807) is 12.3 Å². The summed E-state index contributed by atoms with van der Waals surface area (Å²) in [5.41, 5.74) is 2.48. The highest BCUT2D eigenvalue weighted by atomic mass is 19.1. The first-order chi connectivity index (χ1) is 13.8. The Morgan fingerprint density at radius 3 is 2.66 bits per heavy atom. The molecular weight excluding hydrogens is 369 g/mol. The number of carbonyl (C=O) groups excluding carboxylic acids is 1. The van der Waals surface area contributed by atoms with Gasteiger partial charge in [0.1, 0.15) is 23.3 Å². The minimum atomic E-state index is -0.658. The summed E-state index contributed by atoms with van der Waals surface area (Å²) in [6.45, 7) is 7.96. The number of anilines is 1. The van der Waals surface area contributed by atoms with Crippen molar-refractivity contribution in [3.63, 3.8) is 0 Å². The van der Waals surface area contributed by atoms with Crippen LogP contribution in [0, 0.1) is 31.0 Å². The standard InChI is InChI=1S/C22H22FN5O/c1-14(2)28-21(9-10-25-28)27-15(3)11-17(16(27)4)12-18(13-24)22(29)26-20-8-6-5-7-19(20)23/h5-12,14H,1-4H3,(H,26,29)/b18-12+. The number of carbonyl (C=O) groups is 1. The van der Waals surface area contributed by atoms with Crippen LogP contribution in [0.4, 0.5) is 10.1 Å². The van der Waals surface area contributed by atoms with Gasteiger partial charge in [0, 0.05) is 23.5 Å². The molecule has 0 unspecified atom stereocenters. The van der Waals surface area contributed by atoms with Crippen molar-refractivity contribution in [1.82, 2.24) is 14.3 Å². The second-order valence-electron chi connectivity index (χ2n) is 6.99. The number of para-hydroxylation sites is 1. The van der Waals surface area contributed by atoms with E-state index >= 15 is 0 Å². The molecule has 0 fully saturated rings. The van der Waals surface area contributed by atoms with Crippen LogP contribution < -0.4 is 5.32 Å². The number of hydrogen-bond donors (Lipinski definition) is 1. The Bertz CT molecular complexity index is 1130. The number of benzene rings is 1. The highest BCUT2D eigenvalue weighted by molar-refractivity contribution is 6.09. The first-order valence-electron chi connectivity index (χ1n) is 9.24. The van der Waals surface area contributed by atoms with Gasteiger partial charge in [0.15, 0.2) is 0 Å². The van der Waals surface area contributed by atoms with Crippen LogP contribution >= 0.6 is 0 Å². The number of nitrogens with zero attached hydrogens (tertiary/aromatic N) is 4. The van der Waals surface area contributed by atoms with Crippen molar-refractivity contribution in [2.24, 2.45) is 0 Å². The summed E-state index contributed by atoms with van der Waals surface area (Å²) in [7, 11) is 0. The van der Waals surface area contributed by atoms with Gasteiger partial charge in [-0.05, 0) is 57.5 Å². The van der Waals surface area contributed by atoms with Gasteiger partial charge < -0.3 is 9.88 Å². The molecule has 0 aliphatic heterocycles. The molecule has 0 saturated heterocycles. The minimum Gasteiger partial charge on any atom is -0.319 e. The van der Waals surface area contributed by atoms with Gasteiger partial charge in [-0.15, -0.1) is 0 Å². The smallest absolute Gasteiger partial charge is 0.266 e. The SMILES string of the molecule is Cc1cc(/C=C(\C#N)C(=O)Nc2ccccc2F)c(C)n1-c1ccnn1C(C)C. The van der Waals surface area contributed by atoms with E-state index in [4.69, 9.17) is 0 Å². The van der Waals surface area contributed by atoms with Crippen molar-refractivity contribution in [1.29, 1.82) is 5.26 Å². The van der Waals surface area contributed by atoms with Gasteiger partial charge in [-0.3, -0.25) is 4.79 Å². The Labute approximate surface area is 168 Å². The van der Waals surface area contributed by atoms with Crippen LogP contribution in [0.1, 0.15) is 36.8 Å². The van der Waals surface area contributed by atoms with E-state index in [-0.39, 0.29) is 17.3 Å². The summed E-state index contributed by atoms with van der Waals surface area (Å²) in [5.74, 6) is -0.308. The van der Waals surface area contributed by atoms with Crippen molar-refractivity contribution in [2.45, 2.75) is 33.7 Å². The van der Waals surface area contributed by atoms with E-state index in [2.05, 4.69) is 10.4 Å². The minimum absolute atomic E-state index is 0.0324. The van der Waals surface area contributed by atoms with Crippen molar-refractivity contribution in [3.05, 3.63) is 70.9 Å². The van der Waals surface area contributed by atoms with Gasteiger partial charge in [-0.1, -0.05) is 12.1 Å². The Morgan fingerprint density at radius 1 is 1.28 bits per heavy atom. The molecule has 29 heavy (non-hydrogen) atoms. The van der Waals surface area contributed by atoms with Crippen LogP contribution in [-0.2, 0) is 4.79 Å². The summed E-state index contributed by atoms with van der Waals surface area (Å²) >= 11 is 0. The third-order valence-electron chi connectivity index (χ3n) is 4.62. The maximum absolute atomic E-state index is 13.8. The highest BCUT2D eigenvalue weighted by Gasteiger charge is 2.17.